The number of aryl methyl sites for hydroxylation is 1. The minimum atomic E-state index is -0.470. The van der Waals surface area contributed by atoms with Gasteiger partial charge in [0.25, 0.3) is 0 Å². The fourth-order valence-corrected chi connectivity index (χ4v) is 2.11. The first kappa shape index (κ1) is 11.6. The van der Waals surface area contributed by atoms with E-state index in [2.05, 4.69) is 10.3 Å². The second-order valence-electron chi connectivity index (χ2n) is 3.46. The van der Waals surface area contributed by atoms with Crippen LogP contribution >= 0.6 is 11.3 Å². The summed E-state index contributed by atoms with van der Waals surface area (Å²) in [6.07, 6.45) is -0.470. The van der Waals surface area contributed by atoms with Gasteiger partial charge in [0.2, 0.25) is 0 Å². The first-order chi connectivity index (χ1) is 8.19. The Morgan fingerprint density at radius 3 is 2.59 bits per heavy atom. The summed E-state index contributed by atoms with van der Waals surface area (Å²) in [4.78, 5) is 15.4. The van der Waals surface area contributed by atoms with E-state index in [0.717, 1.165) is 16.3 Å². The van der Waals surface area contributed by atoms with Gasteiger partial charge >= 0.3 is 6.09 Å². The Hall–Kier alpha value is -1.88. The number of nitrogens with one attached hydrogen (secondary N) is 1. The monoisotopic (exact) mass is 248 g/mol. The van der Waals surface area contributed by atoms with E-state index in [1.165, 1.54) is 7.05 Å². The van der Waals surface area contributed by atoms with E-state index in [-0.39, 0.29) is 0 Å². The zero-order valence-electron chi connectivity index (χ0n) is 9.56. The van der Waals surface area contributed by atoms with Crippen molar-refractivity contribution in [2.24, 2.45) is 0 Å². The largest absolute Gasteiger partial charge is 0.412 e. The maximum atomic E-state index is 11.0. The molecule has 0 fully saturated rings. The highest BCUT2D eigenvalue weighted by atomic mass is 32.1. The van der Waals surface area contributed by atoms with E-state index in [0.29, 0.717) is 5.75 Å². The molecule has 0 radical (unpaired) electrons. The summed E-state index contributed by atoms with van der Waals surface area (Å²) in [6, 6.07) is 7.27. The quantitative estimate of drug-likeness (QED) is 0.889. The Labute approximate surface area is 103 Å². The second kappa shape index (κ2) is 4.97. The zero-order valence-corrected chi connectivity index (χ0v) is 10.4. The summed E-state index contributed by atoms with van der Waals surface area (Å²) in [5, 5.41) is 5.36. The number of hydrogen-bond acceptors (Lipinski definition) is 4. The molecule has 0 unspecified atom stereocenters. The van der Waals surface area contributed by atoms with Gasteiger partial charge in [0.05, 0.1) is 0 Å². The molecule has 1 heterocycles. The first-order valence-corrected chi connectivity index (χ1v) is 5.99. The normalized spacial score (nSPS) is 10.0. The number of carbonyl (C=O) groups is 1. The predicted molar refractivity (Wildman–Crippen MR) is 67.4 cm³/mol. The lowest BCUT2D eigenvalue weighted by atomic mass is 10.2. The van der Waals surface area contributed by atoms with Crippen LogP contribution in [-0.2, 0) is 0 Å². The molecule has 0 aliphatic carbocycles. The lowest BCUT2D eigenvalue weighted by Gasteiger charge is -2.03. The third-order valence-electron chi connectivity index (χ3n) is 2.13. The molecule has 0 atom stereocenters. The number of amides is 1. The van der Waals surface area contributed by atoms with E-state index >= 15 is 0 Å². The number of carbonyl (C=O) groups excluding carboxylic acids is 1. The molecule has 88 valence electrons. The van der Waals surface area contributed by atoms with Crippen molar-refractivity contribution >= 4 is 17.4 Å². The van der Waals surface area contributed by atoms with Crippen LogP contribution in [0, 0.1) is 6.92 Å². The third kappa shape index (κ3) is 2.82. The third-order valence-corrected chi connectivity index (χ3v) is 3.14. The predicted octanol–water partition coefficient (Wildman–Crippen LogP) is 2.84. The van der Waals surface area contributed by atoms with Crippen molar-refractivity contribution in [1.29, 1.82) is 0 Å². The number of hydrogen-bond donors (Lipinski definition) is 1. The molecule has 1 aromatic heterocycles. The summed E-state index contributed by atoms with van der Waals surface area (Å²) < 4.78 is 4.99. The highest BCUT2D eigenvalue weighted by Gasteiger charge is 2.04. The molecule has 5 heteroatoms. The van der Waals surface area contributed by atoms with E-state index in [1.807, 2.05) is 24.4 Å². The fourth-order valence-electron chi connectivity index (χ4n) is 1.31. The van der Waals surface area contributed by atoms with Crippen LogP contribution in [0.3, 0.4) is 0 Å². The van der Waals surface area contributed by atoms with E-state index < -0.39 is 6.09 Å². The van der Waals surface area contributed by atoms with Crippen LogP contribution in [0.25, 0.3) is 10.6 Å². The summed E-state index contributed by atoms with van der Waals surface area (Å²) in [6.45, 7) is 1.96. The van der Waals surface area contributed by atoms with E-state index in [1.54, 1.807) is 23.5 Å². The van der Waals surface area contributed by atoms with Crippen LogP contribution < -0.4 is 10.1 Å². The van der Waals surface area contributed by atoms with E-state index in [9.17, 15) is 4.79 Å². The molecule has 1 N–H and O–H groups in total. The van der Waals surface area contributed by atoms with Crippen molar-refractivity contribution in [3.63, 3.8) is 0 Å². The van der Waals surface area contributed by atoms with Crippen LogP contribution in [-0.4, -0.2) is 18.1 Å². The standard InChI is InChI=1S/C12H12N2O2S/c1-8-7-17-11(14-8)9-3-5-10(6-4-9)16-12(15)13-2/h3-7H,1-2H3,(H,13,15). The van der Waals surface area contributed by atoms with Gasteiger partial charge in [-0.2, -0.15) is 0 Å². The Bertz CT molecular complexity index is 520. The highest BCUT2D eigenvalue weighted by molar-refractivity contribution is 7.13. The van der Waals surface area contributed by atoms with Gasteiger partial charge in [-0.25, -0.2) is 9.78 Å². The van der Waals surface area contributed by atoms with Gasteiger partial charge in [-0.3, -0.25) is 0 Å². The first-order valence-electron chi connectivity index (χ1n) is 5.11. The van der Waals surface area contributed by atoms with Crippen molar-refractivity contribution in [3.05, 3.63) is 35.3 Å². The Morgan fingerprint density at radius 2 is 2.06 bits per heavy atom. The SMILES string of the molecule is CNC(=O)Oc1ccc(-c2nc(C)cs2)cc1. The molecule has 2 rings (SSSR count). The van der Waals surface area contributed by atoms with Crippen molar-refractivity contribution in [3.8, 4) is 16.3 Å². The average molecular weight is 248 g/mol. The van der Waals surface area contributed by atoms with Crippen LogP contribution in [0.1, 0.15) is 5.69 Å². The maximum absolute atomic E-state index is 11.0. The Kier molecular flexibility index (Phi) is 3.39. The van der Waals surface area contributed by atoms with Crippen molar-refractivity contribution < 1.29 is 9.53 Å². The molecular formula is C12H12N2O2S. The van der Waals surface area contributed by atoms with Crippen molar-refractivity contribution in [1.82, 2.24) is 10.3 Å². The smallest absolute Gasteiger partial charge is 0.410 e. The summed E-state index contributed by atoms with van der Waals surface area (Å²) in [5.74, 6) is 0.515. The lowest BCUT2D eigenvalue weighted by molar-refractivity contribution is 0.203. The van der Waals surface area contributed by atoms with Crippen molar-refractivity contribution in [2.75, 3.05) is 7.05 Å². The summed E-state index contributed by atoms with van der Waals surface area (Å²) in [5.41, 5.74) is 2.03. The molecule has 0 aliphatic heterocycles. The number of nitrogens with zero attached hydrogens (tertiary/aromatic N) is 1. The molecule has 0 aliphatic rings. The Balaban J connectivity index is 2.15. The topological polar surface area (TPSA) is 51.2 Å². The molecule has 1 aromatic carbocycles. The molecule has 0 saturated carbocycles. The second-order valence-corrected chi connectivity index (χ2v) is 4.32. The van der Waals surface area contributed by atoms with E-state index in [4.69, 9.17) is 4.74 Å². The van der Waals surface area contributed by atoms with Crippen LogP contribution in [0.15, 0.2) is 29.6 Å². The van der Waals surface area contributed by atoms with Crippen LogP contribution in [0.4, 0.5) is 4.79 Å². The van der Waals surface area contributed by atoms with Crippen LogP contribution in [0.5, 0.6) is 5.75 Å². The number of benzene rings is 1. The Morgan fingerprint density at radius 1 is 1.35 bits per heavy atom. The average Bonchev–Trinajstić information content (AvgIpc) is 2.77. The number of rotatable bonds is 2. The zero-order chi connectivity index (χ0) is 12.3. The fraction of sp³-hybridized carbons (Fsp3) is 0.167. The minimum absolute atomic E-state index is 0.470. The number of aromatic nitrogens is 1. The number of thiazole rings is 1. The highest BCUT2D eigenvalue weighted by Crippen LogP contribution is 2.25. The van der Waals surface area contributed by atoms with Gasteiger partial charge in [0, 0.05) is 23.7 Å². The number of ether oxygens (including phenoxy) is 1. The van der Waals surface area contributed by atoms with Crippen LogP contribution in [0.2, 0.25) is 0 Å². The van der Waals surface area contributed by atoms with Gasteiger partial charge in [0.15, 0.2) is 0 Å². The van der Waals surface area contributed by atoms with Gasteiger partial charge in [-0.15, -0.1) is 11.3 Å². The van der Waals surface area contributed by atoms with Crippen molar-refractivity contribution in [2.45, 2.75) is 6.92 Å². The molecule has 2 aromatic rings. The molecule has 0 spiro atoms. The van der Waals surface area contributed by atoms with Gasteiger partial charge in [0.1, 0.15) is 10.8 Å². The van der Waals surface area contributed by atoms with Gasteiger partial charge in [-0.1, -0.05) is 0 Å². The summed E-state index contributed by atoms with van der Waals surface area (Å²) >= 11 is 1.60. The van der Waals surface area contributed by atoms with Gasteiger partial charge < -0.3 is 10.1 Å². The minimum Gasteiger partial charge on any atom is -0.410 e. The molecule has 1 amide bonds. The lowest BCUT2D eigenvalue weighted by Crippen LogP contribution is -2.21. The summed E-state index contributed by atoms with van der Waals surface area (Å²) in [7, 11) is 1.52. The van der Waals surface area contributed by atoms with Gasteiger partial charge in [-0.05, 0) is 31.2 Å². The molecule has 17 heavy (non-hydrogen) atoms. The molecule has 0 bridgehead atoms. The maximum Gasteiger partial charge on any atom is 0.412 e. The molecule has 0 saturated heterocycles. The molecule has 4 nitrogen and oxygen atoms in total. The molecular weight excluding hydrogens is 236 g/mol.